The number of methoxy groups -OCH3 is 1. The van der Waals surface area contributed by atoms with E-state index in [1.54, 1.807) is 6.92 Å². The zero-order chi connectivity index (χ0) is 10.6. The Bertz CT molecular complexity index is 371. The van der Waals surface area contributed by atoms with Crippen LogP contribution in [-0.2, 0) is 0 Å². The Morgan fingerprint density at radius 3 is 2.64 bits per heavy atom. The quantitative estimate of drug-likeness (QED) is 0.741. The second-order valence-corrected chi connectivity index (χ2v) is 2.53. The molecule has 1 rings (SSSR count). The number of hydrogen-bond acceptors (Lipinski definition) is 3. The van der Waals surface area contributed by atoms with E-state index in [-0.39, 0.29) is 11.3 Å². The number of benzene rings is 1. The number of halogens is 1. The molecule has 4 heteroatoms. The van der Waals surface area contributed by atoms with Crippen LogP contribution in [0, 0.1) is 17.1 Å². The van der Waals surface area contributed by atoms with Crippen molar-refractivity contribution in [3.8, 4) is 17.6 Å². The summed E-state index contributed by atoms with van der Waals surface area (Å²) in [6.07, 6.45) is 0. The SMILES string of the molecule is CCOc1cc(OC)c(C#N)cc1F. The van der Waals surface area contributed by atoms with Gasteiger partial charge in [0.2, 0.25) is 0 Å². The summed E-state index contributed by atoms with van der Waals surface area (Å²) in [5.41, 5.74) is 0.161. The highest BCUT2D eigenvalue weighted by atomic mass is 19.1. The largest absolute Gasteiger partial charge is 0.495 e. The van der Waals surface area contributed by atoms with E-state index in [9.17, 15) is 4.39 Å². The average molecular weight is 195 g/mol. The summed E-state index contributed by atoms with van der Waals surface area (Å²) in [7, 11) is 1.42. The van der Waals surface area contributed by atoms with Gasteiger partial charge in [-0.25, -0.2) is 4.39 Å². The minimum atomic E-state index is -0.552. The van der Waals surface area contributed by atoms with Crippen LogP contribution in [0.25, 0.3) is 0 Å². The molecule has 74 valence electrons. The Labute approximate surface area is 81.7 Å². The van der Waals surface area contributed by atoms with Crippen molar-refractivity contribution in [2.75, 3.05) is 13.7 Å². The molecule has 0 aromatic heterocycles. The van der Waals surface area contributed by atoms with Gasteiger partial charge < -0.3 is 9.47 Å². The van der Waals surface area contributed by atoms with Gasteiger partial charge in [-0.3, -0.25) is 0 Å². The van der Waals surface area contributed by atoms with Gasteiger partial charge in [0.1, 0.15) is 11.8 Å². The van der Waals surface area contributed by atoms with Gasteiger partial charge in [0, 0.05) is 6.07 Å². The molecule has 0 aliphatic heterocycles. The van der Waals surface area contributed by atoms with Crippen LogP contribution in [0.5, 0.6) is 11.5 Å². The molecule has 14 heavy (non-hydrogen) atoms. The molecule has 3 nitrogen and oxygen atoms in total. The standard InChI is InChI=1S/C10H10FNO2/c1-3-14-10-5-9(13-2)7(6-12)4-8(10)11/h4-5H,3H2,1-2H3. The predicted molar refractivity (Wildman–Crippen MR) is 48.8 cm³/mol. The molecule has 0 aliphatic carbocycles. The van der Waals surface area contributed by atoms with Crippen molar-refractivity contribution in [3.63, 3.8) is 0 Å². The minimum absolute atomic E-state index is 0.100. The van der Waals surface area contributed by atoms with Crippen molar-refractivity contribution in [2.45, 2.75) is 6.92 Å². The smallest absolute Gasteiger partial charge is 0.166 e. The van der Waals surface area contributed by atoms with Crippen LogP contribution in [0.1, 0.15) is 12.5 Å². The summed E-state index contributed by atoms with van der Waals surface area (Å²) in [5, 5.41) is 8.66. The number of nitriles is 1. The van der Waals surface area contributed by atoms with Gasteiger partial charge in [0.25, 0.3) is 0 Å². The van der Waals surface area contributed by atoms with E-state index in [0.29, 0.717) is 12.4 Å². The van der Waals surface area contributed by atoms with E-state index >= 15 is 0 Å². The van der Waals surface area contributed by atoms with E-state index in [1.165, 1.54) is 13.2 Å². The van der Waals surface area contributed by atoms with E-state index in [0.717, 1.165) is 6.07 Å². The summed E-state index contributed by atoms with van der Waals surface area (Å²) >= 11 is 0. The van der Waals surface area contributed by atoms with Gasteiger partial charge in [0.05, 0.1) is 19.3 Å². The molecule has 0 radical (unpaired) electrons. The Morgan fingerprint density at radius 2 is 2.14 bits per heavy atom. The second kappa shape index (κ2) is 4.47. The maximum atomic E-state index is 13.2. The topological polar surface area (TPSA) is 42.2 Å². The first-order valence-electron chi connectivity index (χ1n) is 4.13. The lowest BCUT2D eigenvalue weighted by Gasteiger charge is -2.08. The third kappa shape index (κ3) is 1.94. The fourth-order valence-electron chi connectivity index (χ4n) is 1.06. The lowest BCUT2D eigenvalue weighted by molar-refractivity contribution is 0.317. The lowest BCUT2D eigenvalue weighted by atomic mass is 10.2. The maximum Gasteiger partial charge on any atom is 0.166 e. The number of ether oxygens (including phenoxy) is 2. The van der Waals surface area contributed by atoms with Crippen LogP contribution in [0.4, 0.5) is 4.39 Å². The maximum absolute atomic E-state index is 13.2. The van der Waals surface area contributed by atoms with Crippen LogP contribution in [0.15, 0.2) is 12.1 Å². The van der Waals surface area contributed by atoms with Gasteiger partial charge in [-0.1, -0.05) is 0 Å². The Balaban J connectivity index is 3.18. The Kier molecular flexibility index (Phi) is 3.29. The summed E-state index contributed by atoms with van der Waals surface area (Å²) < 4.78 is 23.1. The fourth-order valence-corrected chi connectivity index (χ4v) is 1.06. The second-order valence-electron chi connectivity index (χ2n) is 2.53. The average Bonchev–Trinajstić information content (AvgIpc) is 2.20. The van der Waals surface area contributed by atoms with Gasteiger partial charge in [-0.2, -0.15) is 5.26 Å². The molecule has 0 saturated heterocycles. The molecule has 0 saturated carbocycles. The van der Waals surface area contributed by atoms with Crippen molar-refractivity contribution < 1.29 is 13.9 Å². The summed E-state index contributed by atoms with van der Waals surface area (Å²) in [6.45, 7) is 2.12. The van der Waals surface area contributed by atoms with Crippen molar-refractivity contribution in [3.05, 3.63) is 23.5 Å². The molecule has 0 unspecified atom stereocenters. The van der Waals surface area contributed by atoms with Crippen molar-refractivity contribution >= 4 is 0 Å². The lowest BCUT2D eigenvalue weighted by Crippen LogP contribution is -1.97. The molecule has 1 aromatic carbocycles. The molecule has 0 fully saturated rings. The van der Waals surface area contributed by atoms with Gasteiger partial charge in [-0.15, -0.1) is 0 Å². The van der Waals surface area contributed by atoms with Crippen molar-refractivity contribution in [1.29, 1.82) is 5.26 Å². The molecule has 0 spiro atoms. The molecular weight excluding hydrogens is 185 g/mol. The molecule has 0 amide bonds. The highest BCUT2D eigenvalue weighted by Gasteiger charge is 2.10. The van der Waals surface area contributed by atoms with Crippen LogP contribution >= 0.6 is 0 Å². The third-order valence-corrected chi connectivity index (χ3v) is 1.67. The first-order chi connectivity index (χ1) is 6.72. The third-order valence-electron chi connectivity index (χ3n) is 1.67. The van der Waals surface area contributed by atoms with E-state index in [2.05, 4.69) is 0 Å². The normalized spacial score (nSPS) is 9.29. The van der Waals surface area contributed by atoms with E-state index in [4.69, 9.17) is 14.7 Å². The van der Waals surface area contributed by atoms with Gasteiger partial charge in [0.15, 0.2) is 11.6 Å². The zero-order valence-corrected chi connectivity index (χ0v) is 8.00. The van der Waals surface area contributed by atoms with Crippen molar-refractivity contribution in [1.82, 2.24) is 0 Å². The van der Waals surface area contributed by atoms with Gasteiger partial charge in [-0.05, 0) is 13.0 Å². The van der Waals surface area contributed by atoms with Crippen LogP contribution in [-0.4, -0.2) is 13.7 Å². The highest BCUT2D eigenvalue weighted by Crippen LogP contribution is 2.27. The zero-order valence-electron chi connectivity index (χ0n) is 8.00. The van der Waals surface area contributed by atoms with Crippen LogP contribution < -0.4 is 9.47 Å². The van der Waals surface area contributed by atoms with E-state index in [1.807, 2.05) is 6.07 Å². The van der Waals surface area contributed by atoms with Gasteiger partial charge >= 0.3 is 0 Å². The number of rotatable bonds is 3. The Morgan fingerprint density at radius 1 is 1.43 bits per heavy atom. The molecule has 0 heterocycles. The van der Waals surface area contributed by atoms with Crippen molar-refractivity contribution in [2.24, 2.45) is 0 Å². The molecular formula is C10H10FNO2. The van der Waals surface area contributed by atoms with Crippen LogP contribution in [0.2, 0.25) is 0 Å². The fraction of sp³-hybridized carbons (Fsp3) is 0.300. The number of hydrogen-bond donors (Lipinski definition) is 0. The molecule has 0 bridgehead atoms. The first kappa shape index (κ1) is 10.3. The predicted octanol–water partition coefficient (Wildman–Crippen LogP) is 2.10. The summed E-state index contributed by atoms with van der Waals surface area (Å²) in [4.78, 5) is 0. The first-order valence-corrected chi connectivity index (χ1v) is 4.13. The molecule has 1 aromatic rings. The number of nitrogens with zero attached hydrogens (tertiary/aromatic N) is 1. The monoisotopic (exact) mass is 195 g/mol. The Hall–Kier alpha value is -1.76. The molecule has 0 aliphatic rings. The summed E-state index contributed by atoms with van der Waals surface area (Å²) in [5.74, 6) is -0.134. The highest BCUT2D eigenvalue weighted by molar-refractivity contribution is 5.48. The molecule has 0 atom stereocenters. The van der Waals surface area contributed by atoms with Crippen LogP contribution in [0.3, 0.4) is 0 Å². The van der Waals surface area contributed by atoms with E-state index < -0.39 is 5.82 Å². The summed E-state index contributed by atoms with van der Waals surface area (Å²) in [6, 6.07) is 4.31. The molecule has 0 N–H and O–H groups in total. The minimum Gasteiger partial charge on any atom is -0.495 e.